The average molecular weight is 797 g/mol. The summed E-state index contributed by atoms with van der Waals surface area (Å²) < 4.78 is 67.4. The number of aromatic nitrogens is 6. The third kappa shape index (κ3) is 9.01. The molecule has 4 heterocycles. The van der Waals surface area contributed by atoms with E-state index in [0.717, 1.165) is 54.4 Å². The first kappa shape index (κ1) is 39.3. The van der Waals surface area contributed by atoms with Crippen LogP contribution in [0.2, 0.25) is 0 Å². The SMILES string of the molecule is CC(C)(C)C(Cn1ncn(-c2ccc(N3CCN(c4ccc(OCC5COC(Cn6cncn6)(c6ccc(F)cc6F)O5)cc4)CC3)cc2)c1=O)OP(=O)(O)O. The molecule has 2 N–H and O–H groups in total. The number of piperazine rings is 1. The van der Waals surface area contributed by atoms with Gasteiger partial charge in [-0.3, -0.25) is 4.52 Å². The van der Waals surface area contributed by atoms with Gasteiger partial charge >= 0.3 is 13.5 Å². The van der Waals surface area contributed by atoms with Gasteiger partial charge in [0.05, 0.1) is 24.9 Å². The van der Waals surface area contributed by atoms with E-state index in [2.05, 4.69) is 25.0 Å². The standard InChI is InChI=1S/C37H43F2N8O8P/c1-36(2,3)34(55-56(49,50)51)19-47-35(48)46(25-42-47)29-7-5-27(6-8-29)43-14-16-44(17-15-43)28-9-11-30(12-10-28)52-20-31-21-53-37(54-31,22-45-24-40-23-41-45)32-13-4-26(38)18-33(32)39/h4-13,18,23-25,31,34H,14-17,19-22H2,1-3H3,(H2,49,50,51). The number of ether oxygens (including phenoxy) is 3. The van der Waals surface area contributed by atoms with E-state index in [0.29, 0.717) is 11.4 Å². The number of benzene rings is 3. The van der Waals surface area contributed by atoms with Gasteiger partial charge in [0.1, 0.15) is 55.6 Å². The Morgan fingerprint density at radius 1 is 0.929 bits per heavy atom. The second kappa shape index (κ2) is 15.9. The van der Waals surface area contributed by atoms with Gasteiger partial charge in [-0.25, -0.2) is 37.1 Å². The lowest BCUT2D eigenvalue weighted by Crippen LogP contribution is -2.46. The number of hydrogen-bond acceptors (Lipinski definition) is 11. The molecule has 2 saturated heterocycles. The molecular weight excluding hydrogens is 753 g/mol. The number of anilines is 2. The van der Waals surface area contributed by atoms with Crippen molar-refractivity contribution in [2.45, 2.75) is 51.9 Å². The zero-order chi connectivity index (χ0) is 39.7. The Hall–Kier alpha value is -4.97. The van der Waals surface area contributed by atoms with Crippen LogP contribution in [0.1, 0.15) is 26.3 Å². The van der Waals surface area contributed by atoms with Gasteiger partial charge in [0.15, 0.2) is 0 Å². The Kier molecular flexibility index (Phi) is 11.1. The van der Waals surface area contributed by atoms with Crippen LogP contribution in [-0.4, -0.2) is 90.5 Å². The lowest BCUT2D eigenvalue weighted by atomic mass is 9.89. The Morgan fingerprint density at radius 2 is 1.57 bits per heavy atom. The van der Waals surface area contributed by atoms with Crippen LogP contribution in [-0.2, 0) is 37.4 Å². The van der Waals surface area contributed by atoms with Gasteiger partial charge in [-0.05, 0) is 66.1 Å². The van der Waals surface area contributed by atoms with E-state index in [4.69, 9.17) is 18.7 Å². The number of nitrogens with zero attached hydrogens (tertiary/aromatic N) is 8. The number of hydrogen-bond donors (Lipinski definition) is 2. The first-order valence-electron chi connectivity index (χ1n) is 18.0. The van der Waals surface area contributed by atoms with Crippen molar-refractivity contribution in [1.29, 1.82) is 0 Å². The lowest BCUT2D eigenvalue weighted by Gasteiger charge is -2.37. The summed E-state index contributed by atoms with van der Waals surface area (Å²) in [5, 5.41) is 8.26. The zero-order valence-electron chi connectivity index (χ0n) is 31.0. The largest absolute Gasteiger partial charge is 0.491 e. The summed E-state index contributed by atoms with van der Waals surface area (Å²) in [5.74, 6) is -2.40. The Bertz CT molecular complexity index is 2200. The van der Waals surface area contributed by atoms with Gasteiger partial charge in [-0.1, -0.05) is 20.8 Å². The molecule has 7 rings (SSSR count). The predicted molar refractivity (Wildman–Crippen MR) is 199 cm³/mol. The van der Waals surface area contributed by atoms with E-state index in [1.807, 2.05) is 48.5 Å². The molecule has 19 heteroatoms. The number of phosphoric ester groups is 1. The first-order valence-corrected chi connectivity index (χ1v) is 19.5. The molecule has 3 unspecified atom stereocenters. The second-order valence-corrected chi connectivity index (χ2v) is 15.9. The molecule has 0 aliphatic carbocycles. The number of rotatable bonds is 13. The highest BCUT2D eigenvalue weighted by molar-refractivity contribution is 7.46. The van der Waals surface area contributed by atoms with E-state index in [1.165, 1.54) is 34.3 Å². The molecule has 2 aromatic heterocycles. The molecular formula is C37H43F2N8O8P. The van der Waals surface area contributed by atoms with Gasteiger partial charge in [-0.2, -0.15) is 10.2 Å². The van der Waals surface area contributed by atoms with E-state index in [1.54, 1.807) is 20.8 Å². The second-order valence-electron chi connectivity index (χ2n) is 14.7. The summed E-state index contributed by atoms with van der Waals surface area (Å²) in [6.07, 6.45) is 2.71. The fraction of sp³-hybridized carbons (Fsp3) is 0.405. The topological polar surface area (TPSA) is 171 Å². The van der Waals surface area contributed by atoms with E-state index in [-0.39, 0.29) is 31.9 Å². The van der Waals surface area contributed by atoms with Crippen molar-refractivity contribution in [3.05, 3.63) is 113 Å². The Balaban J connectivity index is 0.914. The molecule has 2 aliphatic heterocycles. The first-order chi connectivity index (χ1) is 26.7. The van der Waals surface area contributed by atoms with E-state index >= 15 is 0 Å². The van der Waals surface area contributed by atoms with Crippen LogP contribution < -0.4 is 20.2 Å². The molecule has 3 aromatic carbocycles. The smallest absolute Gasteiger partial charge is 0.469 e. The van der Waals surface area contributed by atoms with Gasteiger partial charge < -0.3 is 33.8 Å². The maximum absolute atomic E-state index is 14.9. The van der Waals surface area contributed by atoms with Gasteiger partial charge in [-0.15, -0.1) is 0 Å². The van der Waals surface area contributed by atoms with Crippen molar-refractivity contribution in [3.63, 3.8) is 0 Å². The molecule has 0 amide bonds. The molecule has 0 spiro atoms. The fourth-order valence-corrected chi connectivity index (χ4v) is 7.41. The predicted octanol–water partition coefficient (Wildman–Crippen LogP) is 4.10. The third-order valence-electron chi connectivity index (χ3n) is 9.75. The highest BCUT2D eigenvalue weighted by Gasteiger charge is 2.46. The van der Waals surface area contributed by atoms with Crippen LogP contribution >= 0.6 is 7.82 Å². The van der Waals surface area contributed by atoms with Gasteiger partial charge in [0, 0.05) is 49.2 Å². The van der Waals surface area contributed by atoms with Crippen molar-refractivity contribution >= 4 is 19.2 Å². The summed E-state index contributed by atoms with van der Waals surface area (Å²) in [6.45, 7) is 8.55. The normalized spacial score (nSPS) is 19.7. The minimum atomic E-state index is -4.78. The molecule has 0 bridgehead atoms. The fourth-order valence-electron chi connectivity index (χ4n) is 6.70. The number of phosphoric acid groups is 1. The molecule has 56 heavy (non-hydrogen) atoms. The minimum Gasteiger partial charge on any atom is -0.491 e. The van der Waals surface area contributed by atoms with Crippen LogP contribution in [0.15, 0.2) is 90.5 Å². The van der Waals surface area contributed by atoms with Crippen molar-refractivity contribution in [2.75, 3.05) is 49.2 Å². The maximum Gasteiger partial charge on any atom is 0.469 e. The summed E-state index contributed by atoms with van der Waals surface area (Å²) in [7, 11) is -4.78. The average Bonchev–Trinajstić information content (AvgIpc) is 3.91. The van der Waals surface area contributed by atoms with Crippen molar-refractivity contribution in [2.24, 2.45) is 5.41 Å². The molecule has 5 aromatic rings. The Morgan fingerprint density at radius 3 is 2.16 bits per heavy atom. The molecule has 2 fully saturated rings. The lowest BCUT2D eigenvalue weighted by molar-refractivity contribution is -0.192. The quantitative estimate of drug-likeness (QED) is 0.164. The third-order valence-corrected chi connectivity index (χ3v) is 10.3. The minimum absolute atomic E-state index is 0.00936. The van der Waals surface area contributed by atoms with E-state index < -0.39 is 48.6 Å². The van der Waals surface area contributed by atoms with Crippen LogP contribution in [0.5, 0.6) is 5.75 Å². The van der Waals surface area contributed by atoms with Crippen molar-refractivity contribution in [3.8, 4) is 11.4 Å². The Labute approximate surface area is 321 Å². The van der Waals surface area contributed by atoms with Crippen molar-refractivity contribution < 1.29 is 41.9 Å². The maximum atomic E-state index is 14.9. The molecule has 2 aliphatic rings. The molecule has 298 valence electrons. The van der Waals surface area contributed by atoms with E-state index in [9.17, 15) is 27.9 Å². The molecule has 3 atom stereocenters. The molecule has 0 radical (unpaired) electrons. The summed E-state index contributed by atoms with van der Waals surface area (Å²) in [5.41, 5.74) is 1.60. The highest BCUT2D eigenvalue weighted by Crippen LogP contribution is 2.42. The monoisotopic (exact) mass is 796 g/mol. The number of halogens is 2. The zero-order valence-corrected chi connectivity index (χ0v) is 31.9. The van der Waals surface area contributed by atoms with Gasteiger partial charge in [0.25, 0.3) is 0 Å². The van der Waals surface area contributed by atoms with Crippen LogP contribution in [0.4, 0.5) is 20.2 Å². The van der Waals surface area contributed by atoms with Crippen LogP contribution in [0.3, 0.4) is 0 Å². The molecule has 16 nitrogen and oxygen atoms in total. The summed E-state index contributed by atoms with van der Waals surface area (Å²) in [6, 6.07) is 18.6. The molecule has 0 saturated carbocycles. The summed E-state index contributed by atoms with van der Waals surface area (Å²) in [4.78, 5) is 40.4. The van der Waals surface area contributed by atoms with Gasteiger partial charge in [0.2, 0.25) is 5.79 Å². The highest BCUT2D eigenvalue weighted by atomic mass is 31.2. The van der Waals surface area contributed by atoms with Crippen LogP contribution in [0.25, 0.3) is 5.69 Å². The van der Waals surface area contributed by atoms with Crippen molar-refractivity contribution in [1.82, 2.24) is 29.1 Å². The van der Waals surface area contributed by atoms with Crippen LogP contribution in [0, 0.1) is 17.0 Å². The summed E-state index contributed by atoms with van der Waals surface area (Å²) >= 11 is 0.